The number of hydrogen-bond donors (Lipinski definition) is 2. The van der Waals surface area contributed by atoms with Crippen LogP contribution in [0, 0.1) is 0 Å². The van der Waals surface area contributed by atoms with Crippen molar-refractivity contribution in [3.63, 3.8) is 0 Å². The summed E-state index contributed by atoms with van der Waals surface area (Å²) in [6, 6.07) is 10.4. The Hall–Kier alpha value is -3.15. The van der Waals surface area contributed by atoms with Crippen molar-refractivity contribution in [2.45, 2.75) is 25.2 Å². The molecule has 140 valence electrons. The molecule has 27 heavy (non-hydrogen) atoms. The van der Waals surface area contributed by atoms with Gasteiger partial charge in [0.15, 0.2) is 17.3 Å². The Morgan fingerprint density at radius 2 is 1.74 bits per heavy atom. The summed E-state index contributed by atoms with van der Waals surface area (Å²) in [5.41, 5.74) is 1.57. The number of aliphatic hydroxyl groups excluding tert-OH is 1. The van der Waals surface area contributed by atoms with E-state index in [1.807, 2.05) is 12.1 Å². The Morgan fingerprint density at radius 1 is 1.04 bits per heavy atom. The summed E-state index contributed by atoms with van der Waals surface area (Å²) < 4.78 is 16.0. The SMILES string of the molecule is COc1ccc([C@H](C2=C(O)CCCC2=O)c2cc3c(cc2O)OCO3)cc1. The number of carbonyl (C=O) groups excluding carboxylic acids is 1. The van der Waals surface area contributed by atoms with Crippen LogP contribution in [0.4, 0.5) is 0 Å². The van der Waals surface area contributed by atoms with E-state index in [0.717, 1.165) is 5.56 Å². The molecular weight excluding hydrogens is 348 g/mol. The van der Waals surface area contributed by atoms with E-state index in [4.69, 9.17) is 14.2 Å². The summed E-state index contributed by atoms with van der Waals surface area (Å²) >= 11 is 0. The quantitative estimate of drug-likeness (QED) is 0.853. The maximum atomic E-state index is 12.7. The molecular formula is C21H20O6. The van der Waals surface area contributed by atoms with Gasteiger partial charge in [0.05, 0.1) is 12.9 Å². The Morgan fingerprint density at radius 3 is 2.41 bits per heavy atom. The fraction of sp³-hybridized carbons (Fsp3) is 0.286. The summed E-state index contributed by atoms with van der Waals surface area (Å²) in [6.45, 7) is 0.0817. The lowest BCUT2D eigenvalue weighted by Gasteiger charge is -2.25. The number of methoxy groups -OCH3 is 1. The number of ketones is 1. The Labute approximate surface area is 156 Å². The first-order valence-electron chi connectivity index (χ1n) is 8.80. The van der Waals surface area contributed by atoms with Gasteiger partial charge < -0.3 is 24.4 Å². The van der Waals surface area contributed by atoms with Crippen LogP contribution in [-0.2, 0) is 4.79 Å². The first kappa shape index (κ1) is 17.3. The lowest BCUT2D eigenvalue weighted by Crippen LogP contribution is -2.19. The summed E-state index contributed by atoms with van der Waals surface area (Å²) in [5.74, 6) is 0.973. The monoisotopic (exact) mass is 368 g/mol. The lowest BCUT2D eigenvalue weighted by molar-refractivity contribution is -0.116. The molecule has 2 aromatic rings. The van der Waals surface area contributed by atoms with Crippen molar-refractivity contribution in [2.24, 2.45) is 0 Å². The van der Waals surface area contributed by atoms with E-state index < -0.39 is 5.92 Å². The zero-order chi connectivity index (χ0) is 19.0. The Balaban J connectivity index is 1.90. The number of ether oxygens (including phenoxy) is 3. The second kappa shape index (κ2) is 6.87. The number of Topliss-reactive ketones (excluding diaryl/α,β-unsaturated/α-hetero) is 1. The zero-order valence-electron chi connectivity index (χ0n) is 14.9. The van der Waals surface area contributed by atoms with Crippen LogP contribution in [0.2, 0.25) is 0 Å². The van der Waals surface area contributed by atoms with E-state index in [2.05, 4.69) is 0 Å². The van der Waals surface area contributed by atoms with Crippen LogP contribution in [0.5, 0.6) is 23.0 Å². The van der Waals surface area contributed by atoms with E-state index in [-0.39, 0.29) is 24.1 Å². The molecule has 6 heteroatoms. The Kier molecular flexibility index (Phi) is 4.39. The van der Waals surface area contributed by atoms with E-state index in [1.54, 1.807) is 25.3 Å². The van der Waals surface area contributed by atoms with Gasteiger partial charge in [-0.2, -0.15) is 0 Å². The molecule has 2 aliphatic rings. The van der Waals surface area contributed by atoms with Crippen LogP contribution >= 0.6 is 0 Å². The van der Waals surface area contributed by atoms with Crippen molar-refractivity contribution < 1.29 is 29.2 Å². The topological polar surface area (TPSA) is 85.2 Å². The second-order valence-electron chi connectivity index (χ2n) is 6.61. The van der Waals surface area contributed by atoms with Crippen molar-refractivity contribution in [3.05, 3.63) is 58.9 Å². The van der Waals surface area contributed by atoms with Crippen LogP contribution in [0.25, 0.3) is 0 Å². The van der Waals surface area contributed by atoms with E-state index >= 15 is 0 Å². The first-order valence-corrected chi connectivity index (χ1v) is 8.80. The zero-order valence-corrected chi connectivity index (χ0v) is 14.9. The molecule has 0 saturated carbocycles. The number of carbonyl (C=O) groups is 1. The third kappa shape index (κ3) is 3.07. The number of phenols is 1. The van der Waals surface area contributed by atoms with E-state index in [1.165, 1.54) is 6.07 Å². The number of phenolic OH excluding ortho intramolecular Hbond substituents is 1. The molecule has 0 bridgehead atoms. The number of aliphatic hydroxyl groups is 1. The second-order valence-corrected chi connectivity index (χ2v) is 6.61. The fourth-order valence-corrected chi connectivity index (χ4v) is 3.65. The minimum atomic E-state index is -0.613. The highest BCUT2D eigenvalue weighted by Crippen LogP contribution is 2.46. The molecule has 0 aromatic heterocycles. The summed E-state index contributed by atoms with van der Waals surface area (Å²) in [7, 11) is 1.58. The van der Waals surface area contributed by atoms with Crippen molar-refractivity contribution in [2.75, 3.05) is 13.9 Å². The minimum Gasteiger partial charge on any atom is -0.512 e. The van der Waals surface area contributed by atoms with Gasteiger partial charge in [-0.15, -0.1) is 0 Å². The van der Waals surface area contributed by atoms with Crippen LogP contribution in [0.3, 0.4) is 0 Å². The van der Waals surface area contributed by atoms with Gasteiger partial charge in [0.2, 0.25) is 6.79 Å². The van der Waals surface area contributed by atoms with Gasteiger partial charge in [-0.25, -0.2) is 0 Å². The molecule has 1 aliphatic heterocycles. The summed E-state index contributed by atoms with van der Waals surface area (Å²) in [5, 5.41) is 21.1. The first-order chi connectivity index (χ1) is 13.1. The normalized spacial score (nSPS) is 17.1. The molecule has 1 heterocycles. The molecule has 6 nitrogen and oxygen atoms in total. The van der Waals surface area contributed by atoms with Gasteiger partial charge in [0.1, 0.15) is 11.5 Å². The van der Waals surface area contributed by atoms with Crippen molar-refractivity contribution >= 4 is 5.78 Å². The number of rotatable bonds is 4. The largest absolute Gasteiger partial charge is 0.512 e. The number of fused-ring (bicyclic) bond motifs is 1. The maximum absolute atomic E-state index is 12.7. The molecule has 0 amide bonds. The van der Waals surface area contributed by atoms with Gasteiger partial charge in [-0.3, -0.25) is 4.79 Å². The number of allylic oxidation sites excluding steroid dienone is 2. The molecule has 0 fully saturated rings. The molecule has 0 unspecified atom stereocenters. The Bertz CT molecular complexity index is 913. The van der Waals surface area contributed by atoms with Gasteiger partial charge >= 0.3 is 0 Å². The van der Waals surface area contributed by atoms with Crippen LogP contribution in [0.1, 0.15) is 36.3 Å². The predicted octanol–water partition coefficient (Wildman–Crippen LogP) is 3.83. The smallest absolute Gasteiger partial charge is 0.231 e. The molecule has 0 spiro atoms. The van der Waals surface area contributed by atoms with Gasteiger partial charge in [0, 0.05) is 36.0 Å². The van der Waals surface area contributed by atoms with Crippen molar-refractivity contribution in [3.8, 4) is 23.0 Å². The molecule has 1 aliphatic carbocycles. The highest BCUT2D eigenvalue weighted by molar-refractivity contribution is 5.99. The molecule has 0 radical (unpaired) electrons. The highest BCUT2D eigenvalue weighted by atomic mass is 16.7. The fourth-order valence-electron chi connectivity index (χ4n) is 3.65. The molecule has 2 aromatic carbocycles. The minimum absolute atomic E-state index is 0.0151. The van der Waals surface area contributed by atoms with Gasteiger partial charge in [-0.1, -0.05) is 12.1 Å². The van der Waals surface area contributed by atoms with E-state index in [0.29, 0.717) is 47.6 Å². The third-order valence-electron chi connectivity index (χ3n) is 5.00. The van der Waals surface area contributed by atoms with Crippen LogP contribution < -0.4 is 14.2 Å². The number of benzene rings is 2. The molecule has 2 N–H and O–H groups in total. The van der Waals surface area contributed by atoms with E-state index in [9.17, 15) is 15.0 Å². The highest BCUT2D eigenvalue weighted by Gasteiger charge is 2.33. The number of aromatic hydroxyl groups is 1. The molecule has 4 rings (SSSR count). The lowest BCUT2D eigenvalue weighted by atomic mass is 9.78. The van der Waals surface area contributed by atoms with Crippen molar-refractivity contribution in [1.82, 2.24) is 0 Å². The average molecular weight is 368 g/mol. The van der Waals surface area contributed by atoms with Gasteiger partial charge in [0.25, 0.3) is 0 Å². The van der Waals surface area contributed by atoms with Crippen molar-refractivity contribution in [1.29, 1.82) is 0 Å². The third-order valence-corrected chi connectivity index (χ3v) is 5.00. The van der Waals surface area contributed by atoms with Gasteiger partial charge in [-0.05, 0) is 30.2 Å². The molecule has 0 saturated heterocycles. The predicted molar refractivity (Wildman–Crippen MR) is 97.6 cm³/mol. The average Bonchev–Trinajstić information content (AvgIpc) is 3.12. The van der Waals surface area contributed by atoms with Crippen LogP contribution in [-0.4, -0.2) is 29.9 Å². The van der Waals surface area contributed by atoms with Crippen LogP contribution in [0.15, 0.2) is 47.7 Å². The standard InChI is InChI=1S/C21H20O6/c1-25-13-7-5-12(6-8-13)20(21-15(22)3-2-4-16(21)23)14-9-18-19(10-17(14)24)27-11-26-18/h5-10,20,22,24H,2-4,11H2,1H3/t20-/m0/s1. The summed E-state index contributed by atoms with van der Waals surface area (Å²) in [4.78, 5) is 12.7. The maximum Gasteiger partial charge on any atom is 0.231 e. The molecule has 1 atom stereocenters. The summed E-state index contributed by atoms with van der Waals surface area (Å²) in [6.07, 6.45) is 1.44. The number of hydrogen-bond acceptors (Lipinski definition) is 6.